The van der Waals surface area contributed by atoms with Gasteiger partial charge in [-0.05, 0) is 55.0 Å². The predicted molar refractivity (Wildman–Crippen MR) is 92.1 cm³/mol. The summed E-state index contributed by atoms with van der Waals surface area (Å²) in [7, 11) is 0. The second kappa shape index (κ2) is 6.95. The lowest BCUT2D eigenvalue weighted by Crippen LogP contribution is -2.23. The monoisotopic (exact) mass is 353 g/mol. The molecule has 0 bridgehead atoms. The van der Waals surface area contributed by atoms with E-state index in [-0.39, 0.29) is 18.3 Å². The summed E-state index contributed by atoms with van der Waals surface area (Å²) >= 11 is 0. The zero-order valence-electron chi connectivity index (χ0n) is 13.9. The molecule has 0 N–H and O–H groups in total. The molecular formula is C19H16FN3O3. The molecule has 2 heterocycles. The van der Waals surface area contributed by atoms with Crippen molar-refractivity contribution in [3.8, 4) is 17.1 Å². The Balaban J connectivity index is 1.38. The Morgan fingerprint density at radius 3 is 2.58 bits per heavy atom. The van der Waals surface area contributed by atoms with E-state index in [0.717, 1.165) is 18.7 Å². The molecule has 7 heteroatoms. The smallest absolute Gasteiger partial charge is 0.264 e. The van der Waals surface area contributed by atoms with Crippen molar-refractivity contribution >= 4 is 11.6 Å². The zero-order valence-corrected chi connectivity index (χ0v) is 13.9. The van der Waals surface area contributed by atoms with Gasteiger partial charge in [-0.25, -0.2) is 4.39 Å². The Hall–Kier alpha value is -3.22. The number of hydrogen-bond donors (Lipinski definition) is 0. The first-order valence-electron chi connectivity index (χ1n) is 8.31. The van der Waals surface area contributed by atoms with Gasteiger partial charge in [0, 0.05) is 24.2 Å². The molecule has 1 aliphatic heterocycles. The summed E-state index contributed by atoms with van der Waals surface area (Å²) < 4.78 is 23.8. The summed E-state index contributed by atoms with van der Waals surface area (Å²) in [6.45, 7) is 0.878. The first-order valence-corrected chi connectivity index (χ1v) is 8.31. The van der Waals surface area contributed by atoms with Crippen LogP contribution < -0.4 is 9.64 Å². The van der Waals surface area contributed by atoms with Crippen LogP contribution in [0.5, 0.6) is 5.75 Å². The third-order valence-electron chi connectivity index (χ3n) is 4.15. The van der Waals surface area contributed by atoms with Gasteiger partial charge in [0.05, 0.1) is 0 Å². The standard InChI is InChI=1S/C19H16FN3O3/c20-14-5-3-13(4-6-14)19-21-17(26-22-19)12-25-16-9-7-15(8-10-16)23-11-1-2-18(23)24/h3-10H,1-2,11-12H2. The maximum Gasteiger partial charge on any atom is 0.264 e. The van der Waals surface area contributed by atoms with E-state index in [9.17, 15) is 9.18 Å². The molecule has 0 atom stereocenters. The molecular weight excluding hydrogens is 337 g/mol. The number of carbonyl (C=O) groups excluding carboxylic acids is 1. The minimum Gasteiger partial charge on any atom is -0.484 e. The van der Waals surface area contributed by atoms with Crippen molar-refractivity contribution in [3.63, 3.8) is 0 Å². The maximum absolute atomic E-state index is 13.0. The Labute approximate surface area is 149 Å². The van der Waals surface area contributed by atoms with E-state index in [1.54, 1.807) is 29.2 Å². The van der Waals surface area contributed by atoms with Crippen molar-refractivity contribution in [1.82, 2.24) is 10.1 Å². The van der Waals surface area contributed by atoms with Crippen LogP contribution in [0.25, 0.3) is 11.4 Å². The van der Waals surface area contributed by atoms with Gasteiger partial charge in [-0.15, -0.1) is 0 Å². The van der Waals surface area contributed by atoms with Gasteiger partial charge in [0.1, 0.15) is 11.6 Å². The number of halogens is 1. The molecule has 0 radical (unpaired) electrons. The second-order valence-electron chi connectivity index (χ2n) is 5.95. The van der Waals surface area contributed by atoms with Crippen LogP contribution in [0.2, 0.25) is 0 Å². The third kappa shape index (κ3) is 3.42. The number of carbonyl (C=O) groups is 1. The van der Waals surface area contributed by atoms with Crippen LogP contribution in [0.3, 0.4) is 0 Å². The minimum absolute atomic E-state index is 0.121. The Kier molecular flexibility index (Phi) is 4.35. The van der Waals surface area contributed by atoms with Crippen LogP contribution in [0.1, 0.15) is 18.7 Å². The van der Waals surface area contributed by atoms with Crippen LogP contribution in [-0.2, 0) is 11.4 Å². The number of hydrogen-bond acceptors (Lipinski definition) is 5. The highest BCUT2D eigenvalue weighted by atomic mass is 19.1. The predicted octanol–water partition coefficient (Wildman–Crippen LogP) is 3.58. The van der Waals surface area contributed by atoms with E-state index < -0.39 is 0 Å². The van der Waals surface area contributed by atoms with Gasteiger partial charge in [-0.1, -0.05) is 5.16 Å². The average Bonchev–Trinajstić information content (AvgIpc) is 3.30. The van der Waals surface area contributed by atoms with Crippen LogP contribution in [-0.4, -0.2) is 22.6 Å². The highest BCUT2D eigenvalue weighted by Crippen LogP contribution is 2.24. The van der Waals surface area contributed by atoms with Crippen molar-refractivity contribution in [2.24, 2.45) is 0 Å². The maximum atomic E-state index is 13.0. The van der Waals surface area contributed by atoms with Crippen molar-refractivity contribution < 1.29 is 18.4 Å². The minimum atomic E-state index is -0.320. The highest BCUT2D eigenvalue weighted by Gasteiger charge is 2.21. The summed E-state index contributed by atoms with van der Waals surface area (Å²) in [5, 5.41) is 3.87. The molecule has 4 rings (SSSR count). The number of ether oxygens (including phenoxy) is 1. The van der Waals surface area contributed by atoms with E-state index >= 15 is 0 Å². The molecule has 1 amide bonds. The van der Waals surface area contributed by atoms with Crippen LogP contribution in [0.15, 0.2) is 53.1 Å². The summed E-state index contributed by atoms with van der Waals surface area (Å²) in [5.74, 6) is 1.18. The molecule has 0 unspecified atom stereocenters. The van der Waals surface area contributed by atoms with E-state index in [0.29, 0.717) is 29.4 Å². The summed E-state index contributed by atoms with van der Waals surface area (Å²) in [6.07, 6.45) is 1.50. The van der Waals surface area contributed by atoms with Crippen molar-refractivity contribution in [2.75, 3.05) is 11.4 Å². The van der Waals surface area contributed by atoms with Crippen LogP contribution >= 0.6 is 0 Å². The quantitative estimate of drug-likeness (QED) is 0.701. The molecule has 0 aliphatic carbocycles. The summed E-state index contributed by atoms with van der Waals surface area (Å²) in [5.41, 5.74) is 1.54. The normalized spacial score (nSPS) is 14.0. The van der Waals surface area contributed by atoms with Crippen molar-refractivity contribution in [1.29, 1.82) is 0 Å². The van der Waals surface area contributed by atoms with E-state index in [4.69, 9.17) is 9.26 Å². The van der Waals surface area contributed by atoms with Gasteiger partial charge >= 0.3 is 0 Å². The largest absolute Gasteiger partial charge is 0.484 e. The number of anilines is 1. The number of rotatable bonds is 5. The third-order valence-corrected chi connectivity index (χ3v) is 4.15. The molecule has 2 aromatic carbocycles. The number of nitrogens with zero attached hydrogens (tertiary/aromatic N) is 3. The lowest BCUT2D eigenvalue weighted by Gasteiger charge is -2.15. The van der Waals surface area contributed by atoms with E-state index in [1.807, 2.05) is 12.1 Å². The topological polar surface area (TPSA) is 68.5 Å². The molecule has 1 fully saturated rings. The zero-order chi connectivity index (χ0) is 17.9. The summed E-state index contributed by atoms with van der Waals surface area (Å²) in [6, 6.07) is 13.2. The van der Waals surface area contributed by atoms with Crippen LogP contribution in [0, 0.1) is 5.82 Å². The lowest BCUT2D eigenvalue weighted by atomic mass is 10.2. The molecule has 132 valence electrons. The van der Waals surface area contributed by atoms with Crippen molar-refractivity contribution in [2.45, 2.75) is 19.4 Å². The average molecular weight is 353 g/mol. The van der Waals surface area contributed by atoms with Gasteiger partial charge in [0.15, 0.2) is 6.61 Å². The molecule has 3 aromatic rings. The number of amides is 1. The fraction of sp³-hybridized carbons (Fsp3) is 0.211. The van der Waals surface area contributed by atoms with Crippen LogP contribution in [0.4, 0.5) is 10.1 Å². The molecule has 1 aliphatic rings. The van der Waals surface area contributed by atoms with E-state index in [1.165, 1.54) is 12.1 Å². The van der Waals surface area contributed by atoms with Crippen molar-refractivity contribution in [3.05, 3.63) is 60.2 Å². The first kappa shape index (κ1) is 16.3. The molecule has 1 saturated heterocycles. The molecule has 6 nitrogen and oxygen atoms in total. The summed E-state index contributed by atoms with van der Waals surface area (Å²) in [4.78, 5) is 17.8. The lowest BCUT2D eigenvalue weighted by molar-refractivity contribution is -0.117. The Morgan fingerprint density at radius 2 is 1.88 bits per heavy atom. The van der Waals surface area contributed by atoms with Gasteiger partial charge in [-0.2, -0.15) is 4.98 Å². The molecule has 0 spiro atoms. The molecule has 0 saturated carbocycles. The second-order valence-corrected chi connectivity index (χ2v) is 5.95. The van der Waals surface area contributed by atoms with Gasteiger partial charge in [-0.3, -0.25) is 4.79 Å². The van der Waals surface area contributed by atoms with E-state index in [2.05, 4.69) is 10.1 Å². The fourth-order valence-electron chi connectivity index (χ4n) is 2.82. The Bertz CT molecular complexity index is 907. The molecule has 26 heavy (non-hydrogen) atoms. The number of aromatic nitrogens is 2. The molecule has 1 aromatic heterocycles. The van der Waals surface area contributed by atoms with Gasteiger partial charge in [0.2, 0.25) is 11.7 Å². The fourth-order valence-corrected chi connectivity index (χ4v) is 2.82. The Morgan fingerprint density at radius 1 is 1.12 bits per heavy atom. The van der Waals surface area contributed by atoms with Gasteiger partial charge in [0.25, 0.3) is 5.89 Å². The SMILES string of the molecule is O=C1CCCN1c1ccc(OCc2nc(-c3ccc(F)cc3)no2)cc1. The number of benzene rings is 2. The highest BCUT2D eigenvalue weighted by molar-refractivity contribution is 5.95. The first-order chi connectivity index (χ1) is 12.7. The van der Waals surface area contributed by atoms with Gasteiger partial charge < -0.3 is 14.2 Å².